The van der Waals surface area contributed by atoms with Crippen molar-refractivity contribution in [1.29, 1.82) is 0 Å². The zero-order chi connectivity index (χ0) is 29.1. The highest BCUT2D eigenvalue weighted by Gasteiger charge is 2.26. The number of aliphatic hydroxyl groups excluding tert-OH is 1. The van der Waals surface area contributed by atoms with E-state index in [0.29, 0.717) is 12.2 Å². The van der Waals surface area contributed by atoms with E-state index in [1.165, 1.54) is 95.7 Å². The number of rotatable bonds is 26. The van der Waals surface area contributed by atoms with Crippen LogP contribution in [0.1, 0.15) is 117 Å². The second kappa shape index (κ2) is 26.4. The fourth-order valence-corrected chi connectivity index (χ4v) is 4.99. The van der Waals surface area contributed by atoms with Gasteiger partial charge in [-0.3, -0.25) is 14.4 Å². The summed E-state index contributed by atoms with van der Waals surface area (Å²) in [6, 6.07) is -2.10. The van der Waals surface area contributed by atoms with E-state index < -0.39 is 36.5 Å². The van der Waals surface area contributed by atoms with Crippen molar-refractivity contribution in [2.24, 2.45) is 0 Å². The first-order chi connectivity index (χ1) is 18.8. The molecule has 0 saturated carbocycles. The van der Waals surface area contributed by atoms with E-state index in [-0.39, 0.29) is 18.3 Å². The number of esters is 2. The number of nitrogens with one attached hydrogen (secondary N) is 2. The summed E-state index contributed by atoms with van der Waals surface area (Å²) in [7, 11) is 1.15. The highest BCUT2D eigenvalue weighted by Crippen LogP contribution is 2.14. The highest BCUT2D eigenvalue weighted by molar-refractivity contribution is 7.99. The van der Waals surface area contributed by atoms with E-state index >= 15 is 0 Å². The standard InChI is InChI=1S/C29H54N2O7S/c1-4-5-6-7-8-9-10-11-12-13-14-15-16-17-18-19-27(34)38-20-21-39-23-26(30-24(2)33)28(35)31-25(22-32)29(36)37-3/h25-26,32H,4-23H2,1-3H3,(H,30,33)(H,31,35)/t25-,26-/m0/s1. The molecule has 2 amide bonds. The molecule has 39 heavy (non-hydrogen) atoms. The first kappa shape index (κ1) is 37.2. The molecule has 0 radical (unpaired) electrons. The first-order valence-electron chi connectivity index (χ1n) is 14.8. The van der Waals surface area contributed by atoms with Crippen LogP contribution in [0.5, 0.6) is 0 Å². The second-order valence-corrected chi connectivity index (χ2v) is 11.2. The summed E-state index contributed by atoms with van der Waals surface area (Å²) in [5.41, 5.74) is 0. The molecular formula is C29H54N2O7S. The molecule has 9 nitrogen and oxygen atoms in total. The van der Waals surface area contributed by atoms with Crippen LogP contribution in [0.3, 0.4) is 0 Å². The van der Waals surface area contributed by atoms with Crippen LogP contribution in [0.2, 0.25) is 0 Å². The predicted octanol–water partition coefficient (Wildman–Crippen LogP) is 4.68. The van der Waals surface area contributed by atoms with Crippen molar-refractivity contribution in [1.82, 2.24) is 10.6 Å². The van der Waals surface area contributed by atoms with Crippen LogP contribution in [0.15, 0.2) is 0 Å². The molecule has 0 unspecified atom stereocenters. The minimum atomic E-state index is -1.20. The number of ether oxygens (including phenoxy) is 2. The fourth-order valence-electron chi connectivity index (χ4n) is 4.15. The topological polar surface area (TPSA) is 131 Å². The minimum absolute atomic E-state index is 0.217. The number of aliphatic hydroxyl groups is 1. The van der Waals surface area contributed by atoms with Crippen LogP contribution in [0, 0.1) is 0 Å². The fraction of sp³-hybridized carbons (Fsp3) is 0.862. The molecule has 0 aliphatic carbocycles. The summed E-state index contributed by atoms with van der Waals surface area (Å²) in [5, 5.41) is 14.2. The lowest BCUT2D eigenvalue weighted by molar-refractivity contribution is -0.146. The van der Waals surface area contributed by atoms with Gasteiger partial charge in [-0.05, 0) is 6.42 Å². The molecule has 2 atom stereocenters. The van der Waals surface area contributed by atoms with Gasteiger partial charge < -0.3 is 25.2 Å². The van der Waals surface area contributed by atoms with Crippen molar-refractivity contribution in [2.45, 2.75) is 129 Å². The van der Waals surface area contributed by atoms with E-state index in [9.17, 15) is 24.3 Å². The molecule has 3 N–H and O–H groups in total. The molecule has 0 heterocycles. The maximum Gasteiger partial charge on any atom is 0.330 e. The molecule has 0 bridgehead atoms. The van der Waals surface area contributed by atoms with Crippen LogP contribution >= 0.6 is 11.8 Å². The molecule has 0 saturated heterocycles. The van der Waals surface area contributed by atoms with Crippen molar-refractivity contribution in [3.8, 4) is 0 Å². The van der Waals surface area contributed by atoms with Gasteiger partial charge in [-0.15, -0.1) is 0 Å². The third-order valence-electron chi connectivity index (χ3n) is 6.44. The van der Waals surface area contributed by atoms with E-state index in [2.05, 4.69) is 22.3 Å². The van der Waals surface area contributed by atoms with Gasteiger partial charge in [0.05, 0.1) is 13.7 Å². The SMILES string of the molecule is CCCCCCCCCCCCCCCCCC(=O)OCCSC[C@H](NC(C)=O)C(=O)N[C@@H](CO)C(=O)OC. The lowest BCUT2D eigenvalue weighted by Gasteiger charge is -2.20. The van der Waals surface area contributed by atoms with Crippen molar-refractivity contribution < 1.29 is 33.8 Å². The molecule has 0 rings (SSSR count). The van der Waals surface area contributed by atoms with Gasteiger partial charge >= 0.3 is 11.9 Å². The predicted molar refractivity (Wildman–Crippen MR) is 156 cm³/mol. The summed E-state index contributed by atoms with van der Waals surface area (Å²) >= 11 is 1.34. The molecule has 0 aromatic rings. The van der Waals surface area contributed by atoms with Crippen molar-refractivity contribution in [3.05, 3.63) is 0 Å². The molecular weight excluding hydrogens is 520 g/mol. The number of carbonyl (C=O) groups excluding carboxylic acids is 4. The number of methoxy groups -OCH3 is 1. The number of carbonyl (C=O) groups is 4. The van der Waals surface area contributed by atoms with Crippen LogP contribution in [0.4, 0.5) is 0 Å². The maximum atomic E-state index is 12.4. The Morgan fingerprint density at radius 2 is 1.28 bits per heavy atom. The van der Waals surface area contributed by atoms with E-state index in [4.69, 9.17) is 4.74 Å². The van der Waals surface area contributed by atoms with Crippen LogP contribution in [-0.2, 0) is 28.7 Å². The normalized spacial score (nSPS) is 12.4. The van der Waals surface area contributed by atoms with Crippen LogP contribution < -0.4 is 10.6 Å². The molecule has 10 heteroatoms. The third kappa shape index (κ3) is 22.7. The van der Waals surface area contributed by atoms with Crippen LogP contribution in [-0.4, -0.2) is 72.8 Å². The smallest absolute Gasteiger partial charge is 0.330 e. The van der Waals surface area contributed by atoms with Gasteiger partial charge in [0.15, 0.2) is 6.04 Å². The molecule has 0 aromatic heterocycles. The average molecular weight is 575 g/mol. The summed E-state index contributed by atoms with van der Waals surface area (Å²) in [6.07, 6.45) is 19.6. The number of amides is 2. The molecule has 0 aromatic carbocycles. The van der Waals surface area contributed by atoms with Crippen molar-refractivity contribution in [2.75, 3.05) is 31.8 Å². The van der Waals surface area contributed by atoms with E-state index in [0.717, 1.165) is 26.4 Å². The summed E-state index contributed by atoms with van der Waals surface area (Å²) in [4.78, 5) is 47.4. The number of unbranched alkanes of at least 4 members (excludes halogenated alkanes) is 14. The van der Waals surface area contributed by atoms with Crippen molar-refractivity contribution >= 4 is 35.5 Å². The van der Waals surface area contributed by atoms with Gasteiger partial charge in [-0.1, -0.05) is 96.8 Å². The zero-order valence-electron chi connectivity index (χ0n) is 24.6. The van der Waals surface area contributed by atoms with Crippen LogP contribution in [0.25, 0.3) is 0 Å². The maximum absolute atomic E-state index is 12.4. The summed E-state index contributed by atoms with van der Waals surface area (Å²) in [6.45, 7) is 3.15. The Kier molecular flexibility index (Phi) is 25.2. The Bertz CT molecular complexity index is 664. The average Bonchev–Trinajstić information content (AvgIpc) is 2.92. The summed E-state index contributed by atoms with van der Waals surface area (Å²) < 4.78 is 9.80. The Hall–Kier alpha value is -1.81. The number of hydrogen-bond acceptors (Lipinski definition) is 8. The van der Waals surface area contributed by atoms with Gasteiger partial charge in [0.1, 0.15) is 12.6 Å². The van der Waals surface area contributed by atoms with Gasteiger partial charge in [-0.2, -0.15) is 11.8 Å². The zero-order valence-corrected chi connectivity index (χ0v) is 25.4. The van der Waals surface area contributed by atoms with E-state index in [1.807, 2.05) is 0 Å². The van der Waals surface area contributed by atoms with Gasteiger partial charge in [-0.25, -0.2) is 4.79 Å². The quantitative estimate of drug-likeness (QED) is 0.100. The minimum Gasteiger partial charge on any atom is -0.467 e. The Morgan fingerprint density at radius 1 is 0.769 bits per heavy atom. The number of thioether (sulfide) groups is 1. The molecule has 228 valence electrons. The molecule has 0 aliphatic rings. The molecule has 0 fully saturated rings. The third-order valence-corrected chi connectivity index (χ3v) is 7.46. The first-order valence-corrected chi connectivity index (χ1v) is 16.0. The Balaban J connectivity index is 3.79. The van der Waals surface area contributed by atoms with Crippen molar-refractivity contribution in [3.63, 3.8) is 0 Å². The summed E-state index contributed by atoms with van der Waals surface area (Å²) in [5.74, 6) is -1.31. The van der Waals surface area contributed by atoms with Gasteiger partial charge in [0.2, 0.25) is 11.8 Å². The Morgan fingerprint density at radius 3 is 1.74 bits per heavy atom. The van der Waals surface area contributed by atoms with Gasteiger partial charge in [0, 0.05) is 24.9 Å². The lowest BCUT2D eigenvalue weighted by Crippen LogP contribution is -2.53. The molecule has 0 aliphatic heterocycles. The molecule has 0 spiro atoms. The monoisotopic (exact) mass is 574 g/mol. The highest BCUT2D eigenvalue weighted by atomic mass is 32.2. The Labute approximate surface area is 240 Å². The van der Waals surface area contributed by atoms with Gasteiger partial charge in [0.25, 0.3) is 0 Å². The second-order valence-electron chi connectivity index (χ2n) is 10.0. The van der Waals surface area contributed by atoms with E-state index in [1.54, 1.807) is 0 Å². The lowest BCUT2D eigenvalue weighted by atomic mass is 10.0. The largest absolute Gasteiger partial charge is 0.467 e. The number of hydrogen-bond donors (Lipinski definition) is 3.